The van der Waals surface area contributed by atoms with E-state index in [9.17, 15) is 13.9 Å². The van der Waals surface area contributed by atoms with E-state index in [1.54, 1.807) is 0 Å². The molecular weight excluding hydrogens is 179 g/mol. The first-order chi connectivity index (χ1) is 5.37. The molecule has 0 radical (unpaired) electrons. The number of aliphatic carboxylic acids is 1. The van der Waals surface area contributed by atoms with Crippen molar-refractivity contribution >= 4 is 13.6 Å². The van der Waals surface area contributed by atoms with Gasteiger partial charge in [0.05, 0.1) is 5.66 Å². The molecule has 0 aliphatic carbocycles. The second kappa shape index (κ2) is 4.21. The summed E-state index contributed by atoms with van der Waals surface area (Å²) in [5.41, 5.74) is -0.212. The fourth-order valence-corrected chi connectivity index (χ4v) is 1.15. The summed E-state index contributed by atoms with van der Waals surface area (Å²) in [7, 11) is -2.58. The van der Waals surface area contributed by atoms with E-state index in [0.29, 0.717) is 5.57 Å². The predicted octanol–water partition coefficient (Wildman–Crippen LogP) is 1.97. The van der Waals surface area contributed by atoms with E-state index in [2.05, 4.69) is 0 Å². The van der Waals surface area contributed by atoms with Gasteiger partial charge in [-0.25, -0.2) is 13.9 Å². The minimum Gasteiger partial charge on any atom is -0.478 e. The van der Waals surface area contributed by atoms with Crippen LogP contribution >= 0.6 is 7.68 Å². The molecule has 0 aliphatic rings. The minimum absolute atomic E-state index is 0.0988. The monoisotopic (exact) mass is 190 g/mol. The average molecular weight is 190 g/mol. The van der Waals surface area contributed by atoms with Gasteiger partial charge in [-0.2, -0.15) is 0 Å². The molecule has 1 N–H and O–H groups in total. The van der Waals surface area contributed by atoms with Gasteiger partial charge in [0, 0.05) is 5.57 Å². The van der Waals surface area contributed by atoms with Crippen LogP contribution in [0.15, 0.2) is 11.1 Å². The summed E-state index contributed by atoms with van der Waals surface area (Å²) < 4.78 is 21.0. The smallest absolute Gasteiger partial charge is 0.331 e. The summed E-state index contributed by atoms with van der Waals surface area (Å²) in [6.45, 7) is 4.37. The highest BCUT2D eigenvalue weighted by Crippen LogP contribution is 2.23. The van der Waals surface area contributed by atoms with Gasteiger partial charge in [-0.05, 0) is 26.3 Å². The maximum absolute atomic E-state index is 10.5. The first-order valence-corrected chi connectivity index (χ1v) is 4.66. The summed E-state index contributed by atoms with van der Waals surface area (Å²) in [4.78, 5) is 10.4. The van der Waals surface area contributed by atoms with Crippen molar-refractivity contribution in [2.45, 2.75) is 26.4 Å². The van der Waals surface area contributed by atoms with Gasteiger partial charge in [0.1, 0.15) is 0 Å². The molecule has 0 aromatic rings. The molecule has 0 saturated carbocycles. The van der Waals surface area contributed by atoms with Crippen LogP contribution in [0.1, 0.15) is 20.8 Å². The van der Waals surface area contributed by atoms with E-state index in [1.807, 2.05) is 0 Å². The summed E-state index contributed by atoms with van der Waals surface area (Å²) >= 11 is 0. The highest BCUT2D eigenvalue weighted by molar-refractivity contribution is 7.32. The lowest BCUT2D eigenvalue weighted by molar-refractivity contribution is -0.132. The zero-order chi connectivity index (χ0) is 9.89. The van der Waals surface area contributed by atoms with Crippen molar-refractivity contribution in [3.05, 3.63) is 11.1 Å². The number of carboxylic acids is 1. The Labute approximate surface area is 71.1 Å². The van der Waals surface area contributed by atoms with Crippen LogP contribution in [0.3, 0.4) is 0 Å². The maximum Gasteiger partial charge on any atom is 0.331 e. The standard InChI is InChI=1S/C7H11O4P/c1-4(5(2)7(8)9)6(3)12(10)11/h6H,1-3H3,(H,8,9). The predicted molar refractivity (Wildman–Crippen MR) is 43.8 cm³/mol. The number of carbonyl (C=O) groups is 1. The topological polar surface area (TPSA) is 71.4 Å². The van der Waals surface area contributed by atoms with Gasteiger partial charge in [0.2, 0.25) is 0 Å². The van der Waals surface area contributed by atoms with Crippen molar-refractivity contribution in [3.63, 3.8) is 0 Å². The maximum atomic E-state index is 10.5. The molecule has 0 saturated heterocycles. The number of hydrogen-bond acceptors (Lipinski definition) is 3. The Hall–Kier alpha value is -0.890. The van der Waals surface area contributed by atoms with E-state index in [1.165, 1.54) is 20.8 Å². The molecule has 0 amide bonds. The molecule has 5 heteroatoms. The quantitative estimate of drug-likeness (QED) is 0.545. The largest absolute Gasteiger partial charge is 0.478 e. The van der Waals surface area contributed by atoms with Gasteiger partial charge >= 0.3 is 13.6 Å². The van der Waals surface area contributed by atoms with Crippen LogP contribution < -0.4 is 0 Å². The Kier molecular flexibility index (Phi) is 3.90. The molecule has 0 spiro atoms. The lowest BCUT2D eigenvalue weighted by Crippen LogP contribution is -2.05. The summed E-state index contributed by atoms with van der Waals surface area (Å²) in [6, 6.07) is 0. The molecule has 1 unspecified atom stereocenters. The molecule has 0 aliphatic heterocycles. The number of hydrogen-bond donors (Lipinski definition) is 1. The van der Waals surface area contributed by atoms with Crippen LogP contribution in [0, 0.1) is 0 Å². The van der Waals surface area contributed by atoms with Crippen molar-refractivity contribution in [3.8, 4) is 0 Å². The third-order valence-electron chi connectivity index (χ3n) is 1.86. The molecule has 0 aromatic heterocycles. The number of allylic oxidation sites excluding steroid dienone is 1. The lowest BCUT2D eigenvalue weighted by Gasteiger charge is -2.04. The van der Waals surface area contributed by atoms with E-state index in [0.717, 1.165) is 0 Å². The molecule has 0 rings (SSSR count). The lowest BCUT2D eigenvalue weighted by atomic mass is 10.1. The van der Waals surface area contributed by atoms with E-state index < -0.39 is 19.3 Å². The van der Waals surface area contributed by atoms with E-state index in [4.69, 9.17) is 5.11 Å². The fraction of sp³-hybridized carbons (Fsp3) is 0.571. The minimum atomic E-state index is -2.58. The highest BCUT2D eigenvalue weighted by Gasteiger charge is 2.15. The summed E-state index contributed by atoms with van der Waals surface area (Å²) in [5.74, 6) is -1.07. The Morgan fingerprint density at radius 3 is 2.00 bits per heavy atom. The average Bonchev–Trinajstić information content (AvgIpc) is 2.00. The SMILES string of the molecule is CC(C(=O)O)=C(C)C(C)P(=O)=O. The van der Waals surface area contributed by atoms with Gasteiger partial charge in [-0.15, -0.1) is 0 Å². The van der Waals surface area contributed by atoms with Crippen LogP contribution in [0.4, 0.5) is 0 Å². The Morgan fingerprint density at radius 2 is 1.75 bits per heavy atom. The molecule has 0 fully saturated rings. The first kappa shape index (κ1) is 11.1. The van der Waals surface area contributed by atoms with Gasteiger partial charge in [-0.1, -0.05) is 0 Å². The molecule has 12 heavy (non-hydrogen) atoms. The normalized spacial score (nSPS) is 14.9. The van der Waals surface area contributed by atoms with Crippen LogP contribution in [-0.2, 0) is 13.9 Å². The van der Waals surface area contributed by atoms with Crippen molar-refractivity contribution in [2.24, 2.45) is 0 Å². The molecule has 0 aromatic carbocycles. The van der Waals surface area contributed by atoms with Crippen molar-refractivity contribution in [1.29, 1.82) is 0 Å². The van der Waals surface area contributed by atoms with Crippen LogP contribution in [-0.4, -0.2) is 16.7 Å². The van der Waals surface area contributed by atoms with Crippen molar-refractivity contribution < 1.29 is 19.0 Å². The molecule has 4 nitrogen and oxygen atoms in total. The van der Waals surface area contributed by atoms with Crippen LogP contribution in [0.5, 0.6) is 0 Å². The van der Waals surface area contributed by atoms with Gasteiger partial charge in [0.15, 0.2) is 0 Å². The molecule has 1 atom stereocenters. The summed E-state index contributed by atoms with van der Waals surface area (Å²) in [6.07, 6.45) is 0. The van der Waals surface area contributed by atoms with Crippen molar-refractivity contribution in [1.82, 2.24) is 0 Å². The Bertz CT molecular complexity index is 280. The Balaban J connectivity index is 4.90. The molecular formula is C7H11O4P. The second-order valence-electron chi connectivity index (χ2n) is 2.57. The van der Waals surface area contributed by atoms with Crippen LogP contribution in [0.2, 0.25) is 0 Å². The second-order valence-corrected chi connectivity index (χ2v) is 3.92. The molecule has 68 valence electrons. The van der Waals surface area contributed by atoms with Gasteiger partial charge in [-0.3, -0.25) is 0 Å². The third-order valence-corrected chi connectivity index (χ3v) is 2.87. The third kappa shape index (κ3) is 2.62. The van der Waals surface area contributed by atoms with Gasteiger partial charge in [0.25, 0.3) is 0 Å². The van der Waals surface area contributed by atoms with Crippen molar-refractivity contribution in [2.75, 3.05) is 0 Å². The number of rotatable bonds is 3. The molecule has 0 heterocycles. The van der Waals surface area contributed by atoms with Crippen LogP contribution in [0.25, 0.3) is 0 Å². The summed E-state index contributed by atoms with van der Waals surface area (Å²) in [5, 5.41) is 8.53. The van der Waals surface area contributed by atoms with Gasteiger partial charge < -0.3 is 5.11 Å². The molecule has 0 bridgehead atoms. The van der Waals surface area contributed by atoms with E-state index in [-0.39, 0.29) is 5.57 Å². The highest BCUT2D eigenvalue weighted by atomic mass is 31.1. The zero-order valence-corrected chi connectivity index (χ0v) is 8.09. The Morgan fingerprint density at radius 1 is 1.33 bits per heavy atom. The number of carboxylic acid groups (broad SMARTS) is 1. The zero-order valence-electron chi connectivity index (χ0n) is 7.20. The van der Waals surface area contributed by atoms with E-state index >= 15 is 0 Å². The first-order valence-electron chi connectivity index (χ1n) is 3.42. The fourth-order valence-electron chi connectivity index (χ4n) is 0.640.